The first kappa shape index (κ1) is 78.3. The van der Waals surface area contributed by atoms with Gasteiger partial charge in [-0.2, -0.15) is 89.3 Å². The summed E-state index contributed by atoms with van der Waals surface area (Å²) in [6, 6.07) is 60.2. The second-order valence-corrected chi connectivity index (χ2v) is 30.4. The van der Waals surface area contributed by atoms with Crippen LogP contribution in [-0.4, -0.2) is 125 Å². The molecule has 8 aliphatic rings. The van der Waals surface area contributed by atoms with Crippen molar-refractivity contribution in [3.63, 3.8) is 0 Å². The molecule has 0 unspecified atom stereocenters. The van der Waals surface area contributed by atoms with Crippen LogP contribution in [-0.2, 0) is 84.3 Å². The van der Waals surface area contributed by atoms with Gasteiger partial charge in [0.15, 0.2) is 46.0 Å². The summed E-state index contributed by atoms with van der Waals surface area (Å²) < 4.78 is 69.9. The maximum Gasteiger partial charge on any atom is 2.00 e. The predicted octanol–water partition coefficient (Wildman–Crippen LogP) is 6.21. The molecule has 20 heterocycles. The second kappa shape index (κ2) is 29.4. The van der Waals surface area contributed by atoms with E-state index in [9.17, 15) is 0 Å². The van der Waals surface area contributed by atoms with Crippen LogP contribution in [0, 0.1) is 104 Å². The number of benzene rings is 6. The zero-order chi connectivity index (χ0) is 79.9. The van der Waals surface area contributed by atoms with Gasteiger partial charge in [0, 0.05) is 117 Å². The Morgan fingerprint density at radius 3 is 0.742 bits per heavy atom. The van der Waals surface area contributed by atoms with E-state index in [0.29, 0.717) is 159 Å². The molecule has 0 aliphatic carbocycles. The summed E-state index contributed by atoms with van der Waals surface area (Å²) in [5.41, 5.74) is 21.5. The average molecular weight is 2340 g/mol. The number of fused-ring (bicyclic) bond motifs is 20. The van der Waals surface area contributed by atoms with Crippen LogP contribution in [0.4, 0.5) is 0 Å². The summed E-state index contributed by atoms with van der Waals surface area (Å²) in [6.45, 7) is 13.9. The van der Waals surface area contributed by atoms with Crippen LogP contribution in [0.2, 0.25) is 0 Å². The summed E-state index contributed by atoms with van der Waals surface area (Å²) in [5, 5.41) is 36.9. The minimum absolute atomic E-state index is 0. The van der Waals surface area contributed by atoms with Gasteiger partial charge in [0.25, 0.3) is 0 Å². The number of nitrogens with zero attached hydrogens (tertiary/aromatic N) is 20. The molecule has 36 heteroatoms. The smallest absolute Gasteiger partial charge is 0.514 e. The van der Waals surface area contributed by atoms with Gasteiger partial charge in [-0.1, -0.05) is 24.8 Å². The predicted molar refractivity (Wildman–Crippen MR) is 440 cm³/mol. The van der Waals surface area contributed by atoms with Gasteiger partial charge in [-0.3, -0.25) is 37.5 Å². The maximum atomic E-state index is 7.05. The normalized spacial score (nSPS) is 13.0. The van der Waals surface area contributed by atoms with Crippen molar-refractivity contribution in [3.8, 4) is 138 Å². The molecule has 0 spiro atoms. The summed E-state index contributed by atoms with van der Waals surface area (Å²) >= 11 is 0. The number of aryl methyl sites for hydroxylation is 8. The molecule has 0 bridgehead atoms. The van der Waals surface area contributed by atoms with Gasteiger partial charge in [0.05, 0.1) is 46.3 Å². The van der Waals surface area contributed by atoms with E-state index in [1.807, 2.05) is 196 Å². The van der Waals surface area contributed by atoms with E-state index in [0.717, 1.165) is 90.2 Å². The molecule has 0 saturated heterocycles. The van der Waals surface area contributed by atoms with E-state index in [1.165, 1.54) is 0 Å². The summed E-state index contributed by atoms with van der Waals surface area (Å²) in [7, 11) is 0. The van der Waals surface area contributed by atoms with Crippen LogP contribution in [0.25, 0.3) is 45.5 Å². The first-order valence-electron chi connectivity index (χ1n) is 38.7. The molecule has 604 valence electrons. The van der Waals surface area contributed by atoms with Crippen molar-refractivity contribution in [2.24, 2.45) is 0 Å². The van der Waals surface area contributed by atoms with Crippen molar-refractivity contribution in [3.05, 3.63) is 266 Å². The molecular weight excluding hydrogens is 2290 g/mol. The molecule has 0 amide bonds. The van der Waals surface area contributed by atoms with Crippen molar-refractivity contribution >= 4 is 92.4 Å². The van der Waals surface area contributed by atoms with E-state index < -0.39 is 26.9 Å². The van der Waals surface area contributed by atoms with Gasteiger partial charge in [0.2, 0.25) is 26.9 Å². The quantitative estimate of drug-likeness (QED) is 0.121. The van der Waals surface area contributed by atoms with Crippen molar-refractivity contribution in [1.29, 1.82) is 0 Å². The van der Waals surface area contributed by atoms with Crippen LogP contribution in [0.5, 0.6) is 92.5 Å². The Hall–Kier alpha value is -13.0. The third-order valence-electron chi connectivity index (χ3n) is 22.7. The average Bonchev–Trinajstić information content (AvgIpc) is 1.59. The molecule has 0 atom stereocenters. The molecule has 0 radical (unpaired) electrons. The fourth-order valence-corrected chi connectivity index (χ4v) is 17.8. The first-order chi connectivity index (χ1) is 58.7. The van der Waals surface area contributed by atoms with Crippen LogP contribution in [0.15, 0.2) is 171 Å². The fraction of sp³-hybridized carbons (Fsp3) is 0.0909. The summed E-state index contributed by atoms with van der Waals surface area (Å²) in [6.07, 6.45) is 21.2. The van der Waals surface area contributed by atoms with E-state index in [-0.39, 0.29) is 84.3 Å². The van der Waals surface area contributed by atoms with E-state index >= 15 is 0 Å². The SMILES string of the molecule is Cc1cc(C)n(-c2[c-]c3c(cc2)Oc2c4c5c(c6c2B3c2[c-]c(-n3nc(C)cc3C)cnc2O6)Oc2ccc(-n3nc(C)cc3C)[c-]c2B5c2[c-]c(-n3nc(C)cc3C)cnc2O4)n1.[Pt+2].[Pt+2].[Pt+2].[Pt+2].[c-]1c(-n2cccn2)ccc2c1B1c3[c-]c(-n4cccn4)cnc3Oc3c4c5c(c(c31)O2)Oc1ncc(-n2cccn2)[c-]c1B5c1[c-]c(-n2cccn2)ccc1O4. The van der Waals surface area contributed by atoms with Gasteiger partial charge in [-0.15, -0.1) is 92.2 Å². The molecule has 18 aromatic rings. The van der Waals surface area contributed by atoms with E-state index in [2.05, 4.69) is 68.9 Å². The topological polar surface area (TPSA) is 268 Å². The number of aromatic nitrogens is 20. The Balaban J connectivity index is 0.000000148. The van der Waals surface area contributed by atoms with Crippen molar-refractivity contribution < 1.29 is 122 Å². The molecule has 12 aromatic heterocycles. The van der Waals surface area contributed by atoms with Crippen molar-refractivity contribution in [1.82, 2.24) is 98.2 Å². The molecule has 26 rings (SSSR count). The Bertz CT molecular complexity index is 6650. The zero-order valence-electron chi connectivity index (χ0n) is 66.0. The fourth-order valence-electron chi connectivity index (χ4n) is 17.8. The number of hydrogen-bond donors (Lipinski definition) is 0. The van der Waals surface area contributed by atoms with Crippen LogP contribution >= 0.6 is 0 Å². The largest absolute Gasteiger partial charge is 2.00 e. The van der Waals surface area contributed by atoms with Crippen LogP contribution < -0.4 is 103 Å². The maximum absolute atomic E-state index is 7.05. The summed E-state index contributed by atoms with van der Waals surface area (Å²) in [4.78, 5) is 19.6. The number of pyridine rings is 4. The minimum atomic E-state index is -0.540. The molecule has 28 nitrogen and oxygen atoms in total. The standard InChI is InChI=1S/C48H34B2N10O4.C40H18B2N10O4.4Pt/c1-23-13-27(5)57(53-23)31-9-11-39-35(17-31)49-37-19-33(59-29(7)15-25(3)55-59)21-51-47(37)63-45-41(49)43(61-39)46-42-44(45)62-40-12-10-32(58-28(6)14-24(2)54-58)18-36(40)50(42)38-20-34(22-52-48(38)64-46)60-30(8)16-26(4)56-60;1-9-45-49(13-1)23-5-7-31-27(17-23)41-29-19-25(51-15-3-11-47-51)21-43-39(29)55-37-33(41)35(53-31)38-34-36(37)54-32-8-6-24(50-14-2-10-46-50)18-28(32)42(34)30-20-26(22-44-40(30)56-38)52-16-4-12-48-52;;;;/h9-16,21-22H,1-8H3;1-16,21-22H;;;;/q2*-4;4*+2. The molecule has 0 saturated carbocycles. The Labute approximate surface area is 765 Å². The minimum Gasteiger partial charge on any atom is -0.514 e. The number of ether oxygens (including phenoxy) is 8. The van der Waals surface area contributed by atoms with Gasteiger partial charge in [-0.05, 0) is 149 Å². The third-order valence-corrected chi connectivity index (χ3v) is 22.7. The second-order valence-electron chi connectivity index (χ2n) is 30.4. The molecule has 124 heavy (non-hydrogen) atoms. The monoisotopic (exact) mass is 2340 g/mol. The van der Waals surface area contributed by atoms with Gasteiger partial charge >= 0.3 is 84.3 Å². The van der Waals surface area contributed by atoms with Crippen LogP contribution in [0.1, 0.15) is 45.6 Å². The van der Waals surface area contributed by atoms with E-state index in [4.69, 9.17) is 78.2 Å². The molecule has 0 N–H and O–H groups in total. The summed E-state index contributed by atoms with van der Waals surface area (Å²) in [5.74, 6) is 7.47. The van der Waals surface area contributed by atoms with Gasteiger partial charge in [-0.25, -0.2) is 0 Å². The molecule has 0 fully saturated rings. The molecular formula is C88H52B4N20O8Pt4. The molecule has 6 aromatic carbocycles. The Kier molecular flexibility index (Phi) is 18.5. The van der Waals surface area contributed by atoms with E-state index in [1.54, 1.807) is 68.3 Å². The first-order valence-corrected chi connectivity index (χ1v) is 38.7. The molecule has 8 aliphatic heterocycles. The van der Waals surface area contributed by atoms with Gasteiger partial charge in [0.1, 0.15) is 0 Å². The third kappa shape index (κ3) is 11.9. The number of hydrogen-bond acceptors (Lipinski definition) is 20. The Morgan fingerprint density at radius 2 is 0.484 bits per heavy atom. The number of rotatable bonds is 8. The van der Waals surface area contributed by atoms with Gasteiger partial charge < -0.3 is 57.8 Å². The van der Waals surface area contributed by atoms with Crippen LogP contribution in [0.3, 0.4) is 0 Å². The van der Waals surface area contributed by atoms with Crippen molar-refractivity contribution in [2.75, 3.05) is 0 Å². The Morgan fingerprint density at radius 1 is 0.258 bits per heavy atom. The van der Waals surface area contributed by atoms with Crippen molar-refractivity contribution in [2.45, 2.75) is 55.4 Å². The zero-order valence-corrected chi connectivity index (χ0v) is 75.0.